The number of amides is 2. The van der Waals surface area contributed by atoms with Gasteiger partial charge in [-0.1, -0.05) is 18.1 Å². The Labute approximate surface area is 132 Å². The molecule has 2 amide bonds. The molecule has 22 heavy (non-hydrogen) atoms. The van der Waals surface area contributed by atoms with Gasteiger partial charge in [-0.3, -0.25) is 9.59 Å². The highest BCUT2D eigenvalue weighted by atomic mass is 16.3. The first-order valence-electron chi connectivity index (χ1n) is 8.58. The van der Waals surface area contributed by atoms with Gasteiger partial charge in [-0.25, -0.2) is 0 Å². The summed E-state index contributed by atoms with van der Waals surface area (Å²) < 4.78 is 0. The Morgan fingerprint density at radius 1 is 1.27 bits per heavy atom. The number of likely N-dealkylation sites (tertiary alicyclic amines) is 1. The molecule has 0 bridgehead atoms. The second kappa shape index (κ2) is 8.93. The number of hydrogen-bond donors (Lipinski definition) is 2. The lowest BCUT2D eigenvalue weighted by Gasteiger charge is -2.21. The number of rotatable bonds is 5. The van der Waals surface area contributed by atoms with Crippen molar-refractivity contribution in [1.82, 2.24) is 10.2 Å². The molecule has 0 aromatic rings. The predicted octanol–water partition coefficient (Wildman–Crippen LogP) is 1.76. The van der Waals surface area contributed by atoms with E-state index < -0.39 is 6.10 Å². The molecule has 1 heterocycles. The van der Waals surface area contributed by atoms with Gasteiger partial charge in [0.15, 0.2) is 0 Å². The van der Waals surface area contributed by atoms with Crippen LogP contribution in [0.2, 0.25) is 0 Å². The van der Waals surface area contributed by atoms with E-state index in [1.165, 1.54) is 29.7 Å². The summed E-state index contributed by atoms with van der Waals surface area (Å²) in [6.07, 6.45) is 10.6. The lowest BCUT2D eigenvalue weighted by Crippen LogP contribution is -2.44. The third kappa shape index (κ3) is 5.44. The molecule has 1 atom stereocenters. The summed E-state index contributed by atoms with van der Waals surface area (Å²) in [5, 5.41) is 12.6. The van der Waals surface area contributed by atoms with Crippen molar-refractivity contribution < 1.29 is 14.7 Å². The van der Waals surface area contributed by atoms with Crippen LogP contribution >= 0.6 is 0 Å². The van der Waals surface area contributed by atoms with Crippen LogP contribution in [0, 0.1) is 0 Å². The number of nitrogens with zero attached hydrogens (tertiary/aromatic N) is 1. The normalized spacial score (nSPS) is 23.5. The van der Waals surface area contributed by atoms with E-state index in [0.717, 1.165) is 32.1 Å². The molecular weight excluding hydrogens is 280 g/mol. The first-order chi connectivity index (χ1) is 10.7. The third-order valence-corrected chi connectivity index (χ3v) is 4.49. The number of hydrogen-bond acceptors (Lipinski definition) is 3. The number of aliphatic hydroxyl groups excluding tert-OH is 1. The van der Waals surface area contributed by atoms with Crippen LogP contribution in [0.15, 0.2) is 11.6 Å². The fourth-order valence-electron chi connectivity index (χ4n) is 3.14. The minimum absolute atomic E-state index is 0.0644. The zero-order valence-electron chi connectivity index (χ0n) is 13.4. The standard InChI is InChI=1S/C17H28N2O3/c20-15-9-5-6-12-19(17(15)22)13-16(21)18-11-10-14-7-3-1-2-4-8-14/h7,15,20H,1-6,8-13H2,(H,18,21). The molecular formula is C17H28N2O3. The Morgan fingerprint density at radius 3 is 3.00 bits per heavy atom. The van der Waals surface area contributed by atoms with E-state index in [1.807, 2.05) is 0 Å². The van der Waals surface area contributed by atoms with Crippen molar-refractivity contribution in [3.8, 4) is 0 Å². The molecule has 2 aliphatic rings. The number of carbonyl (C=O) groups is 2. The molecule has 1 saturated heterocycles. The Hall–Kier alpha value is -1.36. The van der Waals surface area contributed by atoms with E-state index in [9.17, 15) is 14.7 Å². The van der Waals surface area contributed by atoms with E-state index in [4.69, 9.17) is 0 Å². The summed E-state index contributed by atoms with van der Waals surface area (Å²) in [5.74, 6) is -0.434. The molecule has 1 fully saturated rings. The minimum atomic E-state index is -0.938. The molecule has 2 rings (SSSR count). The van der Waals surface area contributed by atoms with Crippen molar-refractivity contribution in [3.05, 3.63) is 11.6 Å². The highest BCUT2D eigenvalue weighted by Gasteiger charge is 2.26. The van der Waals surface area contributed by atoms with Gasteiger partial charge in [0.1, 0.15) is 6.10 Å². The highest BCUT2D eigenvalue weighted by molar-refractivity contribution is 5.87. The van der Waals surface area contributed by atoms with Crippen LogP contribution in [0.5, 0.6) is 0 Å². The topological polar surface area (TPSA) is 69.6 Å². The maximum Gasteiger partial charge on any atom is 0.251 e. The molecule has 0 aromatic heterocycles. The maximum absolute atomic E-state index is 12.0. The average molecular weight is 308 g/mol. The van der Waals surface area contributed by atoms with Crippen LogP contribution < -0.4 is 5.32 Å². The van der Waals surface area contributed by atoms with Gasteiger partial charge in [-0.15, -0.1) is 0 Å². The highest BCUT2D eigenvalue weighted by Crippen LogP contribution is 2.19. The molecule has 5 nitrogen and oxygen atoms in total. The monoisotopic (exact) mass is 308 g/mol. The summed E-state index contributed by atoms with van der Waals surface area (Å²) in [6, 6.07) is 0. The van der Waals surface area contributed by atoms with Crippen molar-refractivity contribution in [2.24, 2.45) is 0 Å². The number of carbonyl (C=O) groups excluding carboxylic acids is 2. The molecule has 0 radical (unpaired) electrons. The third-order valence-electron chi connectivity index (χ3n) is 4.49. The van der Waals surface area contributed by atoms with Gasteiger partial charge in [0.25, 0.3) is 5.91 Å². The molecule has 1 aliphatic heterocycles. The lowest BCUT2D eigenvalue weighted by atomic mass is 10.1. The summed E-state index contributed by atoms with van der Waals surface area (Å²) >= 11 is 0. The summed E-state index contributed by atoms with van der Waals surface area (Å²) in [7, 11) is 0. The van der Waals surface area contributed by atoms with Gasteiger partial charge in [-0.2, -0.15) is 0 Å². The number of aliphatic hydroxyl groups is 1. The molecule has 124 valence electrons. The largest absolute Gasteiger partial charge is 0.383 e. The van der Waals surface area contributed by atoms with Crippen molar-refractivity contribution in [2.45, 2.75) is 63.9 Å². The quantitative estimate of drug-likeness (QED) is 0.760. The maximum atomic E-state index is 12.0. The van der Waals surface area contributed by atoms with Crippen LogP contribution in [0.4, 0.5) is 0 Å². The van der Waals surface area contributed by atoms with Gasteiger partial charge in [0.05, 0.1) is 6.54 Å². The predicted molar refractivity (Wildman–Crippen MR) is 85.2 cm³/mol. The zero-order valence-corrected chi connectivity index (χ0v) is 13.4. The van der Waals surface area contributed by atoms with Crippen molar-refractivity contribution >= 4 is 11.8 Å². The van der Waals surface area contributed by atoms with Gasteiger partial charge in [0, 0.05) is 13.1 Å². The Balaban J connectivity index is 1.70. The number of allylic oxidation sites excluding steroid dienone is 1. The Kier molecular flexibility index (Phi) is 6.90. The Bertz CT molecular complexity index is 420. The molecule has 1 unspecified atom stereocenters. The second-order valence-electron chi connectivity index (χ2n) is 6.33. The van der Waals surface area contributed by atoms with Crippen LogP contribution in [-0.4, -0.2) is 47.6 Å². The summed E-state index contributed by atoms with van der Waals surface area (Å²) in [4.78, 5) is 25.4. The van der Waals surface area contributed by atoms with E-state index in [2.05, 4.69) is 11.4 Å². The lowest BCUT2D eigenvalue weighted by molar-refractivity contribution is -0.142. The van der Waals surface area contributed by atoms with Crippen LogP contribution in [-0.2, 0) is 9.59 Å². The zero-order chi connectivity index (χ0) is 15.8. The minimum Gasteiger partial charge on any atom is -0.383 e. The van der Waals surface area contributed by atoms with Crippen LogP contribution in [0.3, 0.4) is 0 Å². The fraction of sp³-hybridized carbons (Fsp3) is 0.765. The first-order valence-corrected chi connectivity index (χ1v) is 8.58. The molecule has 0 saturated carbocycles. The summed E-state index contributed by atoms with van der Waals surface area (Å²) in [6.45, 7) is 1.26. The van der Waals surface area contributed by atoms with E-state index >= 15 is 0 Å². The molecule has 0 spiro atoms. The van der Waals surface area contributed by atoms with Crippen molar-refractivity contribution in [1.29, 1.82) is 0 Å². The van der Waals surface area contributed by atoms with E-state index in [1.54, 1.807) is 0 Å². The fourth-order valence-corrected chi connectivity index (χ4v) is 3.14. The first kappa shape index (κ1) is 17.0. The number of nitrogens with one attached hydrogen (secondary N) is 1. The average Bonchev–Trinajstić information content (AvgIpc) is 2.84. The van der Waals surface area contributed by atoms with Crippen LogP contribution in [0.1, 0.15) is 57.8 Å². The van der Waals surface area contributed by atoms with Crippen molar-refractivity contribution in [2.75, 3.05) is 19.6 Å². The molecule has 5 heteroatoms. The molecule has 0 aromatic carbocycles. The summed E-state index contributed by atoms with van der Waals surface area (Å²) in [5.41, 5.74) is 1.44. The van der Waals surface area contributed by atoms with E-state index in [0.29, 0.717) is 19.5 Å². The Morgan fingerprint density at radius 2 is 2.14 bits per heavy atom. The second-order valence-corrected chi connectivity index (χ2v) is 6.33. The van der Waals surface area contributed by atoms with Crippen molar-refractivity contribution in [3.63, 3.8) is 0 Å². The SMILES string of the molecule is O=C(CN1CCCCC(O)C1=O)NCCC1=CCCCCC1. The van der Waals surface area contributed by atoms with Gasteiger partial charge >= 0.3 is 0 Å². The van der Waals surface area contributed by atoms with Crippen LogP contribution in [0.25, 0.3) is 0 Å². The smallest absolute Gasteiger partial charge is 0.251 e. The molecule has 2 N–H and O–H groups in total. The van der Waals surface area contributed by atoms with Gasteiger partial charge in [-0.05, 0) is 51.4 Å². The molecule has 1 aliphatic carbocycles. The van der Waals surface area contributed by atoms with Gasteiger partial charge < -0.3 is 15.3 Å². The van der Waals surface area contributed by atoms with Gasteiger partial charge in [0.2, 0.25) is 5.91 Å². The van der Waals surface area contributed by atoms with E-state index in [-0.39, 0.29) is 18.4 Å².